The van der Waals surface area contributed by atoms with E-state index in [9.17, 15) is 35.9 Å². The minimum atomic E-state index is -5.26. The van der Waals surface area contributed by atoms with Crippen LogP contribution in [0.3, 0.4) is 0 Å². The number of hydrogen-bond donors (Lipinski definition) is 2. The van der Waals surface area contributed by atoms with E-state index in [1.165, 1.54) is 6.08 Å². The Morgan fingerprint density at radius 1 is 0.962 bits per heavy atom. The average molecular weight is 380 g/mol. The standard InChI is InChI=1S/C16H14F6N2O2/c17-15(18,19)13(5-2-1-3-6-13)10-8-14(12(24)26,16(20,21)22)7-4-9(10)11(23)25/h1-5,7H,6,8H2,(H2,23,25)(H2,24,26). The van der Waals surface area contributed by atoms with Gasteiger partial charge in [0.1, 0.15) is 5.41 Å². The number of primary amides is 2. The van der Waals surface area contributed by atoms with Gasteiger partial charge >= 0.3 is 12.4 Å². The summed E-state index contributed by atoms with van der Waals surface area (Å²) in [6.45, 7) is 0. The van der Waals surface area contributed by atoms with Crippen molar-refractivity contribution in [3.63, 3.8) is 0 Å². The first-order valence-corrected chi connectivity index (χ1v) is 7.29. The van der Waals surface area contributed by atoms with Gasteiger partial charge in [-0.3, -0.25) is 9.59 Å². The van der Waals surface area contributed by atoms with Crippen molar-refractivity contribution in [1.29, 1.82) is 0 Å². The number of halogens is 6. The third kappa shape index (κ3) is 2.82. The maximum absolute atomic E-state index is 13.9. The summed E-state index contributed by atoms with van der Waals surface area (Å²) in [5, 5.41) is 0. The SMILES string of the molecule is NC(=O)C1=C(C2(C(F)(F)F)C=CC=CC2)CC(C(N)=O)(C(F)(F)F)C=C1. The molecule has 0 radical (unpaired) electrons. The van der Waals surface area contributed by atoms with Gasteiger partial charge in [-0.2, -0.15) is 26.3 Å². The van der Waals surface area contributed by atoms with E-state index in [4.69, 9.17) is 11.5 Å². The van der Waals surface area contributed by atoms with Crippen LogP contribution in [0.2, 0.25) is 0 Å². The molecular formula is C16H14F6N2O2. The maximum atomic E-state index is 13.9. The van der Waals surface area contributed by atoms with Gasteiger partial charge in [0.05, 0.1) is 0 Å². The minimum Gasteiger partial charge on any atom is -0.369 e. The largest absolute Gasteiger partial charge is 0.406 e. The van der Waals surface area contributed by atoms with E-state index in [0.29, 0.717) is 18.2 Å². The topological polar surface area (TPSA) is 86.2 Å². The Labute approximate surface area is 143 Å². The zero-order valence-corrected chi connectivity index (χ0v) is 13.1. The summed E-state index contributed by atoms with van der Waals surface area (Å²) in [7, 11) is 0. The second kappa shape index (κ2) is 6.03. The molecule has 2 aliphatic carbocycles. The van der Waals surface area contributed by atoms with Crippen molar-refractivity contribution < 1.29 is 35.9 Å². The molecule has 26 heavy (non-hydrogen) atoms. The van der Waals surface area contributed by atoms with E-state index < -0.39 is 59.0 Å². The summed E-state index contributed by atoms with van der Waals surface area (Å²) in [6, 6.07) is 0. The van der Waals surface area contributed by atoms with Crippen molar-refractivity contribution in [2.24, 2.45) is 22.3 Å². The average Bonchev–Trinajstić information content (AvgIpc) is 2.52. The van der Waals surface area contributed by atoms with Crippen molar-refractivity contribution >= 4 is 11.8 Å². The third-order valence-electron chi connectivity index (χ3n) is 4.64. The molecule has 0 fully saturated rings. The Bertz CT molecular complexity index is 760. The zero-order chi connectivity index (χ0) is 20.0. The van der Waals surface area contributed by atoms with E-state index in [0.717, 1.165) is 12.2 Å². The number of alkyl halides is 6. The van der Waals surface area contributed by atoms with Crippen molar-refractivity contribution in [3.8, 4) is 0 Å². The van der Waals surface area contributed by atoms with E-state index in [1.54, 1.807) is 0 Å². The molecule has 0 saturated carbocycles. The number of carbonyl (C=O) groups is 2. The second-order valence-corrected chi connectivity index (χ2v) is 6.06. The lowest BCUT2D eigenvalue weighted by atomic mass is 9.63. The smallest absolute Gasteiger partial charge is 0.369 e. The highest BCUT2D eigenvalue weighted by Crippen LogP contribution is 2.57. The van der Waals surface area contributed by atoms with Crippen LogP contribution < -0.4 is 11.5 Å². The van der Waals surface area contributed by atoms with Gasteiger partial charge in [-0.1, -0.05) is 36.5 Å². The van der Waals surface area contributed by atoms with Gasteiger partial charge in [0, 0.05) is 5.57 Å². The Hall–Kier alpha value is -2.52. The van der Waals surface area contributed by atoms with Crippen LogP contribution in [-0.4, -0.2) is 24.2 Å². The Morgan fingerprint density at radius 3 is 1.96 bits per heavy atom. The molecule has 2 aliphatic rings. The van der Waals surface area contributed by atoms with Gasteiger partial charge < -0.3 is 11.5 Å². The molecule has 0 bridgehead atoms. The van der Waals surface area contributed by atoms with Gasteiger partial charge in [-0.05, 0) is 18.4 Å². The highest BCUT2D eigenvalue weighted by Gasteiger charge is 2.64. The molecule has 4 N–H and O–H groups in total. The molecule has 142 valence electrons. The third-order valence-corrected chi connectivity index (χ3v) is 4.64. The van der Waals surface area contributed by atoms with Crippen LogP contribution >= 0.6 is 0 Å². The van der Waals surface area contributed by atoms with Gasteiger partial charge in [0.2, 0.25) is 11.8 Å². The first-order valence-electron chi connectivity index (χ1n) is 7.29. The predicted octanol–water partition coefficient (Wildman–Crippen LogP) is 2.83. The number of hydrogen-bond acceptors (Lipinski definition) is 2. The quantitative estimate of drug-likeness (QED) is 0.738. The van der Waals surface area contributed by atoms with Gasteiger partial charge in [0.25, 0.3) is 0 Å². The van der Waals surface area contributed by atoms with Crippen LogP contribution in [-0.2, 0) is 9.59 Å². The van der Waals surface area contributed by atoms with E-state index >= 15 is 0 Å². The summed E-state index contributed by atoms with van der Waals surface area (Å²) in [4.78, 5) is 23.2. The lowest BCUT2D eigenvalue weighted by Gasteiger charge is -2.42. The fourth-order valence-electron chi connectivity index (χ4n) is 3.12. The molecular weight excluding hydrogens is 366 g/mol. The van der Waals surface area contributed by atoms with Crippen LogP contribution in [0.5, 0.6) is 0 Å². The molecule has 0 spiro atoms. The first kappa shape index (κ1) is 19.8. The number of rotatable bonds is 3. The van der Waals surface area contributed by atoms with E-state index in [1.807, 2.05) is 0 Å². The molecule has 0 heterocycles. The molecule has 0 aromatic heterocycles. The highest BCUT2D eigenvalue weighted by atomic mass is 19.4. The van der Waals surface area contributed by atoms with Crippen molar-refractivity contribution in [3.05, 3.63) is 47.6 Å². The molecule has 2 unspecified atom stereocenters. The van der Waals surface area contributed by atoms with Crippen LogP contribution in [0.4, 0.5) is 26.3 Å². The molecule has 0 aromatic rings. The molecule has 0 aromatic carbocycles. The normalized spacial score (nSPS) is 29.2. The summed E-state index contributed by atoms with van der Waals surface area (Å²) >= 11 is 0. The molecule has 0 aliphatic heterocycles. The van der Waals surface area contributed by atoms with Gasteiger partial charge in [0.15, 0.2) is 5.41 Å². The summed E-state index contributed by atoms with van der Waals surface area (Å²) < 4.78 is 82.2. The molecule has 10 heteroatoms. The molecule has 4 nitrogen and oxygen atoms in total. The van der Waals surface area contributed by atoms with Crippen LogP contribution in [0, 0.1) is 10.8 Å². The lowest BCUT2D eigenvalue weighted by Crippen LogP contribution is -2.51. The maximum Gasteiger partial charge on any atom is 0.406 e. The number of allylic oxidation sites excluding steroid dienone is 5. The Kier molecular flexibility index (Phi) is 4.59. The van der Waals surface area contributed by atoms with Crippen LogP contribution in [0.15, 0.2) is 47.6 Å². The van der Waals surface area contributed by atoms with Crippen LogP contribution in [0.1, 0.15) is 12.8 Å². The fraction of sp³-hybridized carbons (Fsp3) is 0.375. The highest BCUT2D eigenvalue weighted by molar-refractivity contribution is 5.98. The monoisotopic (exact) mass is 380 g/mol. The van der Waals surface area contributed by atoms with Crippen molar-refractivity contribution in [2.75, 3.05) is 0 Å². The van der Waals surface area contributed by atoms with E-state index in [-0.39, 0.29) is 0 Å². The molecule has 2 atom stereocenters. The number of carbonyl (C=O) groups excluding carboxylic acids is 2. The Morgan fingerprint density at radius 2 is 1.58 bits per heavy atom. The van der Waals surface area contributed by atoms with E-state index in [2.05, 4.69) is 0 Å². The fourth-order valence-corrected chi connectivity index (χ4v) is 3.12. The number of amides is 2. The minimum absolute atomic E-state index is 0.297. The summed E-state index contributed by atoms with van der Waals surface area (Å²) in [5.74, 6) is -3.20. The first-order chi connectivity index (χ1) is 11.8. The second-order valence-electron chi connectivity index (χ2n) is 6.06. The molecule has 2 rings (SSSR count). The molecule has 0 saturated heterocycles. The molecule has 2 amide bonds. The Balaban J connectivity index is 2.78. The van der Waals surface area contributed by atoms with Gasteiger partial charge in [-0.25, -0.2) is 0 Å². The van der Waals surface area contributed by atoms with Crippen LogP contribution in [0.25, 0.3) is 0 Å². The summed E-state index contributed by atoms with van der Waals surface area (Å²) in [6.07, 6.45) is -7.61. The zero-order valence-electron chi connectivity index (χ0n) is 13.1. The van der Waals surface area contributed by atoms with Crippen molar-refractivity contribution in [2.45, 2.75) is 25.2 Å². The van der Waals surface area contributed by atoms with Crippen molar-refractivity contribution in [1.82, 2.24) is 0 Å². The number of nitrogens with two attached hydrogens (primary N) is 2. The lowest BCUT2D eigenvalue weighted by molar-refractivity contribution is -0.214. The van der Waals surface area contributed by atoms with Gasteiger partial charge in [-0.15, -0.1) is 0 Å². The predicted molar refractivity (Wildman–Crippen MR) is 79.0 cm³/mol. The summed E-state index contributed by atoms with van der Waals surface area (Å²) in [5.41, 5.74) is 2.06.